The van der Waals surface area contributed by atoms with Crippen molar-refractivity contribution in [2.75, 3.05) is 11.1 Å². The fourth-order valence-electron chi connectivity index (χ4n) is 1.94. The number of aryl methyl sites for hydroxylation is 1. The molecule has 3 N–H and O–H groups in total. The molecule has 0 unspecified atom stereocenters. The van der Waals surface area contributed by atoms with Gasteiger partial charge < -0.3 is 11.1 Å². The molecule has 0 aliphatic heterocycles. The van der Waals surface area contributed by atoms with E-state index in [1.165, 1.54) is 6.07 Å². The third-order valence-electron chi connectivity index (χ3n) is 2.98. The maximum absolute atomic E-state index is 13.2. The number of nitrogens with zero attached hydrogens (tertiary/aromatic N) is 1. The van der Waals surface area contributed by atoms with Crippen LogP contribution in [-0.2, 0) is 0 Å². The molecule has 3 nitrogen and oxygen atoms in total. The summed E-state index contributed by atoms with van der Waals surface area (Å²) in [7, 11) is 0. The van der Waals surface area contributed by atoms with E-state index in [4.69, 9.17) is 5.73 Å². The number of nitrogens with one attached hydrogen (secondary N) is 1. The Labute approximate surface area is 113 Å². The average Bonchev–Trinajstić information content (AvgIpc) is 2.86. The highest BCUT2D eigenvalue weighted by atomic mass is 32.1. The van der Waals surface area contributed by atoms with Crippen molar-refractivity contribution >= 4 is 38.6 Å². The largest absolute Gasteiger partial charge is 0.395 e. The van der Waals surface area contributed by atoms with Crippen LogP contribution in [0.3, 0.4) is 0 Å². The van der Waals surface area contributed by atoms with Crippen molar-refractivity contribution in [2.45, 2.75) is 6.92 Å². The maximum Gasteiger partial charge on any atom is 0.126 e. The summed E-state index contributed by atoms with van der Waals surface area (Å²) in [6.07, 6.45) is 0. The zero-order chi connectivity index (χ0) is 13.4. The summed E-state index contributed by atoms with van der Waals surface area (Å²) in [6.45, 7) is 1.73. The van der Waals surface area contributed by atoms with E-state index < -0.39 is 0 Å². The van der Waals surface area contributed by atoms with Crippen LogP contribution in [0.25, 0.3) is 10.2 Å². The van der Waals surface area contributed by atoms with Crippen LogP contribution in [0.2, 0.25) is 0 Å². The Hall–Kier alpha value is -2.14. The van der Waals surface area contributed by atoms with E-state index >= 15 is 0 Å². The molecule has 3 aromatic rings. The van der Waals surface area contributed by atoms with Gasteiger partial charge in [0, 0.05) is 5.69 Å². The molecule has 3 rings (SSSR count). The third-order valence-corrected chi connectivity index (χ3v) is 3.77. The number of fused-ring (bicyclic) bond motifs is 1. The van der Waals surface area contributed by atoms with Crippen LogP contribution in [0.5, 0.6) is 0 Å². The maximum atomic E-state index is 13.2. The van der Waals surface area contributed by atoms with Gasteiger partial charge in [-0.15, -0.1) is 11.3 Å². The minimum atomic E-state index is -0.214. The van der Waals surface area contributed by atoms with Gasteiger partial charge >= 0.3 is 0 Å². The van der Waals surface area contributed by atoms with Gasteiger partial charge in [-0.2, -0.15) is 0 Å². The van der Waals surface area contributed by atoms with Crippen molar-refractivity contribution in [2.24, 2.45) is 0 Å². The Bertz CT molecular complexity index is 752. The smallest absolute Gasteiger partial charge is 0.126 e. The Morgan fingerprint density at radius 2 is 2.11 bits per heavy atom. The summed E-state index contributed by atoms with van der Waals surface area (Å²) in [5, 5.41) is 3.20. The molecule has 19 heavy (non-hydrogen) atoms. The quantitative estimate of drug-likeness (QED) is 0.692. The lowest BCUT2D eigenvalue weighted by atomic mass is 10.2. The van der Waals surface area contributed by atoms with Gasteiger partial charge in [-0.25, -0.2) is 9.37 Å². The second-order valence-corrected chi connectivity index (χ2v) is 5.20. The molecule has 0 radical (unpaired) electrons. The molecule has 5 heteroatoms. The van der Waals surface area contributed by atoms with Gasteiger partial charge in [-0.1, -0.05) is 0 Å². The van der Waals surface area contributed by atoms with Crippen molar-refractivity contribution in [1.29, 1.82) is 0 Å². The minimum absolute atomic E-state index is 0.214. The highest BCUT2D eigenvalue weighted by Gasteiger charge is 2.07. The number of thiazole rings is 1. The molecular weight excluding hydrogens is 261 g/mol. The number of halogens is 1. The predicted molar refractivity (Wildman–Crippen MR) is 78.5 cm³/mol. The van der Waals surface area contributed by atoms with E-state index in [2.05, 4.69) is 10.3 Å². The highest BCUT2D eigenvalue weighted by molar-refractivity contribution is 7.16. The van der Waals surface area contributed by atoms with E-state index in [1.807, 2.05) is 12.1 Å². The number of hydrogen-bond donors (Lipinski definition) is 2. The number of anilines is 3. The van der Waals surface area contributed by atoms with E-state index in [0.717, 1.165) is 21.6 Å². The summed E-state index contributed by atoms with van der Waals surface area (Å²) < 4.78 is 14.3. The van der Waals surface area contributed by atoms with Crippen molar-refractivity contribution in [1.82, 2.24) is 4.98 Å². The molecule has 0 saturated heterocycles. The molecule has 0 aliphatic rings. The first-order valence-electron chi connectivity index (χ1n) is 5.80. The van der Waals surface area contributed by atoms with Crippen molar-refractivity contribution in [3.05, 3.63) is 47.2 Å². The van der Waals surface area contributed by atoms with E-state index in [9.17, 15) is 4.39 Å². The van der Waals surface area contributed by atoms with Crippen molar-refractivity contribution in [3.63, 3.8) is 0 Å². The van der Waals surface area contributed by atoms with Gasteiger partial charge in [0.15, 0.2) is 0 Å². The van der Waals surface area contributed by atoms with Crippen molar-refractivity contribution < 1.29 is 4.39 Å². The highest BCUT2D eigenvalue weighted by Crippen LogP contribution is 2.32. The molecular formula is C14H12FN3S. The van der Waals surface area contributed by atoms with Gasteiger partial charge in [0.1, 0.15) is 11.3 Å². The zero-order valence-electron chi connectivity index (χ0n) is 10.3. The number of aromatic nitrogens is 1. The summed E-state index contributed by atoms with van der Waals surface area (Å²) in [4.78, 5) is 4.25. The second-order valence-electron chi connectivity index (χ2n) is 4.31. The topological polar surface area (TPSA) is 50.9 Å². The molecule has 0 bridgehead atoms. The molecule has 1 heterocycles. The molecule has 0 spiro atoms. The van der Waals surface area contributed by atoms with Crippen LogP contribution in [0.15, 0.2) is 35.8 Å². The van der Waals surface area contributed by atoms with E-state index in [1.54, 1.807) is 35.9 Å². The number of nitrogen functional groups attached to an aromatic ring is 1. The zero-order valence-corrected chi connectivity index (χ0v) is 11.1. The van der Waals surface area contributed by atoms with Crippen LogP contribution in [0.1, 0.15) is 5.56 Å². The SMILES string of the molecule is Cc1cc(Nc2ccc3scnc3c2N)ccc1F. The Morgan fingerprint density at radius 3 is 2.89 bits per heavy atom. The molecule has 0 saturated carbocycles. The molecule has 0 aliphatic carbocycles. The van der Waals surface area contributed by atoms with Crippen molar-refractivity contribution in [3.8, 4) is 0 Å². The molecule has 0 fully saturated rings. The first kappa shape index (κ1) is 11.9. The van der Waals surface area contributed by atoms with Crippen LogP contribution in [0, 0.1) is 12.7 Å². The summed E-state index contributed by atoms with van der Waals surface area (Å²) in [5.41, 5.74) is 11.5. The summed E-state index contributed by atoms with van der Waals surface area (Å²) in [5.74, 6) is -0.214. The number of nitrogens with two attached hydrogens (primary N) is 1. The van der Waals surface area contributed by atoms with Gasteiger partial charge in [0.05, 0.1) is 21.6 Å². The Morgan fingerprint density at radius 1 is 1.26 bits per heavy atom. The number of rotatable bonds is 2. The van der Waals surface area contributed by atoms with Crippen LogP contribution in [0.4, 0.5) is 21.5 Å². The van der Waals surface area contributed by atoms with Crippen LogP contribution in [-0.4, -0.2) is 4.98 Å². The average molecular weight is 273 g/mol. The fraction of sp³-hybridized carbons (Fsp3) is 0.0714. The predicted octanol–water partition coefficient (Wildman–Crippen LogP) is 4.07. The lowest BCUT2D eigenvalue weighted by Crippen LogP contribution is -1.97. The lowest BCUT2D eigenvalue weighted by Gasteiger charge is -2.10. The lowest BCUT2D eigenvalue weighted by molar-refractivity contribution is 0.619. The normalized spacial score (nSPS) is 10.8. The molecule has 2 aromatic carbocycles. The molecule has 0 atom stereocenters. The van der Waals surface area contributed by atoms with Gasteiger partial charge in [-0.05, 0) is 42.8 Å². The molecule has 96 valence electrons. The standard InChI is InChI=1S/C14H12FN3S/c1-8-6-9(2-3-10(8)15)18-11-4-5-12-14(13(11)16)17-7-19-12/h2-7,18H,16H2,1H3. The van der Waals surface area contributed by atoms with Gasteiger partial charge in [0.25, 0.3) is 0 Å². The Kier molecular flexibility index (Phi) is 2.83. The fourth-order valence-corrected chi connectivity index (χ4v) is 2.63. The monoisotopic (exact) mass is 273 g/mol. The number of hydrogen-bond acceptors (Lipinski definition) is 4. The molecule has 0 amide bonds. The van der Waals surface area contributed by atoms with E-state index in [0.29, 0.717) is 11.3 Å². The second kappa shape index (κ2) is 4.51. The van der Waals surface area contributed by atoms with E-state index in [-0.39, 0.29) is 5.82 Å². The molecule has 1 aromatic heterocycles. The third kappa shape index (κ3) is 2.13. The minimum Gasteiger partial charge on any atom is -0.395 e. The van der Waals surface area contributed by atoms with Crippen LogP contribution >= 0.6 is 11.3 Å². The number of benzene rings is 2. The summed E-state index contributed by atoms with van der Waals surface area (Å²) >= 11 is 1.55. The van der Waals surface area contributed by atoms with Gasteiger partial charge in [0.2, 0.25) is 0 Å². The van der Waals surface area contributed by atoms with Crippen LogP contribution < -0.4 is 11.1 Å². The Balaban J connectivity index is 2.00. The van der Waals surface area contributed by atoms with Gasteiger partial charge in [-0.3, -0.25) is 0 Å². The first-order chi connectivity index (χ1) is 9.15. The first-order valence-corrected chi connectivity index (χ1v) is 6.68. The summed E-state index contributed by atoms with van der Waals surface area (Å²) in [6, 6.07) is 8.76.